The van der Waals surface area contributed by atoms with Crippen molar-refractivity contribution in [2.45, 2.75) is 25.8 Å². The third-order valence-electron chi connectivity index (χ3n) is 4.83. The fraction of sp³-hybridized carbons (Fsp3) is 0.647. The van der Waals surface area contributed by atoms with Crippen LogP contribution in [0.4, 0.5) is 0 Å². The van der Waals surface area contributed by atoms with Crippen molar-refractivity contribution in [2.24, 2.45) is 11.7 Å². The Balaban J connectivity index is 1.61. The minimum Gasteiger partial charge on any atom is -0.329 e. The number of aryl methyl sites for hydroxylation is 1. The van der Waals surface area contributed by atoms with Crippen LogP contribution in [0.25, 0.3) is 0 Å². The van der Waals surface area contributed by atoms with E-state index < -0.39 is 0 Å². The molecule has 1 heterocycles. The minimum absolute atomic E-state index is 0.388. The summed E-state index contributed by atoms with van der Waals surface area (Å²) in [6.45, 7) is 8.96. The lowest BCUT2D eigenvalue weighted by Gasteiger charge is -2.39. The van der Waals surface area contributed by atoms with Gasteiger partial charge in [-0.2, -0.15) is 0 Å². The molecule has 0 aromatic heterocycles. The molecule has 0 amide bonds. The molecule has 3 heteroatoms. The van der Waals surface area contributed by atoms with Crippen LogP contribution < -0.4 is 5.73 Å². The van der Waals surface area contributed by atoms with E-state index in [1.54, 1.807) is 0 Å². The van der Waals surface area contributed by atoms with Crippen molar-refractivity contribution >= 4 is 0 Å². The van der Waals surface area contributed by atoms with Gasteiger partial charge in [0.1, 0.15) is 0 Å². The molecule has 1 aliphatic heterocycles. The molecule has 1 unspecified atom stereocenters. The van der Waals surface area contributed by atoms with Crippen LogP contribution in [0.1, 0.15) is 30.0 Å². The molecule has 1 saturated heterocycles. The molecule has 20 heavy (non-hydrogen) atoms. The standard InChI is InChI=1S/C17H27N3/c1-14-4-2-3-5-16(14)17(12-18)20-10-8-19(9-11-20)13-15-6-7-15/h2-5,15,17H,6-13,18H2,1H3. The molecule has 1 aliphatic carbocycles. The first-order chi connectivity index (χ1) is 9.78. The summed E-state index contributed by atoms with van der Waals surface area (Å²) >= 11 is 0. The Morgan fingerprint density at radius 1 is 1.15 bits per heavy atom. The molecule has 1 aromatic carbocycles. The molecule has 1 aromatic rings. The van der Waals surface area contributed by atoms with Crippen molar-refractivity contribution < 1.29 is 0 Å². The Morgan fingerprint density at radius 2 is 1.85 bits per heavy atom. The maximum Gasteiger partial charge on any atom is 0.0474 e. The van der Waals surface area contributed by atoms with E-state index in [9.17, 15) is 0 Å². The van der Waals surface area contributed by atoms with Gasteiger partial charge in [-0.1, -0.05) is 24.3 Å². The lowest BCUT2D eigenvalue weighted by atomic mass is 9.99. The molecular formula is C17H27N3. The number of hydrogen-bond donors (Lipinski definition) is 1. The van der Waals surface area contributed by atoms with E-state index in [0.29, 0.717) is 12.6 Å². The van der Waals surface area contributed by atoms with Crippen LogP contribution >= 0.6 is 0 Å². The first-order valence-corrected chi connectivity index (χ1v) is 8.00. The second-order valence-electron chi connectivity index (χ2n) is 6.39. The largest absolute Gasteiger partial charge is 0.329 e. The molecule has 0 spiro atoms. The van der Waals surface area contributed by atoms with Gasteiger partial charge in [-0.25, -0.2) is 0 Å². The summed E-state index contributed by atoms with van der Waals surface area (Å²) in [5.74, 6) is 1.00. The van der Waals surface area contributed by atoms with Crippen molar-refractivity contribution in [2.75, 3.05) is 39.3 Å². The van der Waals surface area contributed by atoms with Gasteiger partial charge in [0.25, 0.3) is 0 Å². The average molecular weight is 273 g/mol. The molecule has 0 radical (unpaired) electrons. The quantitative estimate of drug-likeness (QED) is 0.891. The summed E-state index contributed by atoms with van der Waals surface area (Å²) in [4.78, 5) is 5.21. The number of nitrogens with zero attached hydrogens (tertiary/aromatic N) is 2. The number of rotatable bonds is 5. The second-order valence-corrected chi connectivity index (χ2v) is 6.39. The second kappa shape index (κ2) is 6.25. The normalized spacial score (nSPS) is 22.9. The first kappa shape index (κ1) is 14.1. The fourth-order valence-electron chi connectivity index (χ4n) is 3.36. The highest BCUT2D eigenvalue weighted by Crippen LogP contribution is 2.30. The lowest BCUT2D eigenvalue weighted by Crippen LogP contribution is -2.49. The van der Waals surface area contributed by atoms with Gasteiger partial charge in [0.15, 0.2) is 0 Å². The Hall–Kier alpha value is -0.900. The van der Waals surface area contributed by atoms with Crippen LogP contribution in [-0.2, 0) is 0 Å². The SMILES string of the molecule is Cc1ccccc1C(CN)N1CCN(CC2CC2)CC1. The van der Waals surface area contributed by atoms with Crippen molar-refractivity contribution in [3.05, 3.63) is 35.4 Å². The Kier molecular flexibility index (Phi) is 4.39. The average Bonchev–Trinajstić information content (AvgIpc) is 3.27. The maximum atomic E-state index is 6.07. The zero-order valence-electron chi connectivity index (χ0n) is 12.6. The van der Waals surface area contributed by atoms with Crippen LogP contribution in [-0.4, -0.2) is 49.1 Å². The highest BCUT2D eigenvalue weighted by molar-refractivity contribution is 5.29. The topological polar surface area (TPSA) is 32.5 Å². The lowest BCUT2D eigenvalue weighted by molar-refractivity contribution is 0.0953. The zero-order valence-corrected chi connectivity index (χ0v) is 12.6. The molecule has 2 fully saturated rings. The molecule has 1 atom stereocenters. The van der Waals surface area contributed by atoms with E-state index >= 15 is 0 Å². The summed E-state index contributed by atoms with van der Waals surface area (Å²) in [6, 6.07) is 9.07. The highest BCUT2D eigenvalue weighted by atomic mass is 15.3. The smallest absolute Gasteiger partial charge is 0.0474 e. The van der Waals surface area contributed by atoms with E-state index in [1.807, 2.05) is 0 Å². The van der Waals surface area contributed by atoms with Gasteiger partial charge < -0.3 is 10.6 Å². The maximum absolute atomic E-state index is 6.07. The summed E-state index contributed by atoms with van der Waals surface area (Å²) < 4.78 is 0. The van der Waals surface area contributed by atoms with Gasteiger partial charge in [0, 0.05) is 45.3 Å². The molecule has 110 valence electrons. The van der Waals surface area contributed by atoms with Crippen LogP contribution in [0.3, 0.4) is 0 Å². The van der Waals surface area contributed by atoms with Gasteiger partial charge >= 0.3 is 0 Å². The number of benzene rings is 1. The number of piperazine rings is 1. The summed E-state index contributed by atoms with van der Waals surface area (Å²) in [7, 11) is 0. The van der Waals surface area contributed by atoms with E-state index in [4.69, 9.17) is 5.73 Å². The van der Waals surface area contributed by atoms with Crippen LogP contribution in [0.15, 0.2) is 24.3 Å². The number of nitrogens with two attached hydrogens (primary N) is 1. The van der Waals surface area contributed by atoms with Crippen LogP contribution in [0.2, 0.25) is 0 Å². The molecule has 2 N–H and O–H groups in total. The van der Waals surface area contributed by atoms with E-state index in [2.05, 4.69) is 41.0 Å². The minimum atomic E-state index is 0.388. The van der Waals surface area contributed by atoms with Gasteiger partial charge in [0.2, 0.25) is 0 Å². The molecule has 0 bridgehead atoms. The highest BCUT2D eigenvalue weighted by Gasteiger charge is 2.28. The molecule has 2 aliphatic rings. The van der Waals surface area contributed by atoms with E-state index in [-0.39, 0.29) is 0 Å². The van der Waals surface area contributed by atoms with Crippen molar-refractivity contribution in [1.29, 1.82) is 0 Å². The van der Waals surface area contributed by atoms with Gasteiger partial charge in [-0.15, -0.1) is 0 Å². The van der Waals surface area contributed by atoms with Crippen LogP contribution in [0, 0.1) is 12.8 Å². The molecule has 3 nitrogen and oxygen atoms in total. The van der Waals surface area contributed by atoms with E-state index in [1.165, 1.54) is 43.6 Å². The third-order valence-corrected chi connectivity index (χ3v) is 4.83. The Bertz CT molecular complexity index is 434. The summed E-state index contributed by atoms with van der Waals surface area (Å²) in [5, 5.41) is 0. The van der Waals surface area contributed by atoms with E-state index in [0.717, 1.165) is 19.0 Å². The summed E-state index contributed by atoms with van der Waals surface area (Å²) in [6.07, 6.45) is 2.91. The van der Waals surface area contributed by atoms with Gasteiger partial charge in [-0.3, -0.25) is 4.90 Å². The third kappa shape index (κ3) is 3.22. The van der Waals surface area contributed by atoms with Gasteiger partial charge in [-0.05, 0) is 36.8 Å². The van der Waals surface area contributed by atoms with Crippen LogP contribution in [0.5, 0.6) is 0 Å². The Labute approximate surface area is 122 Å². The van der Waals surface area contributed by atoms with Gasteiger partial charge in [0.05, 0.1) is 0 Å². The van der Waals surface area contributed by atoms with Crippen molar-refractivity contribution in [1.82, 2.24) is 9.80 Å². The molecule has 3 rings (SSSR count). The predicted octanol–water partition coefficient (Wildman–Crippen LogP) is 2.02. The first-order valence-electron chi connectivity index (χ1n) is 8.00. The monoisotopic (exact) mass is 273 g/mol. The number of hydrogen-bond acceptors (Lipinski definition) is 3. The molecule has 1 saturated carbocycles. The Morgan fingerprint density at radius 3 is 2.45 bits per heavy atom. The fourth-order valence-corrected chi connectivity index (χ4v) is 3.36. The predicted molar refractivity (Wildman–Crippen MR) is 83.7 cm³/mol. The summed E-state index contributed by atoms with van der Waals surface area (Å²) in [5.41, 5.74) is 8.85. The van der Waals surface area contributed by atoms with Crippen molar-refractivity contribution in [3.8, 4) is 0 Å². The molecular weight excluding hydrogens is 246 g/mol. The van der Waals surface area contributed by atoms with Crippen molar-refractivity contribution in [3.63, 3.8) is 0 Å². The zero-order chi connectivity index (χ0) is 13.9.